The summed E-state index contributed by atoms with van der Waals surface area (Å²) in [5.41, 5.74) is 2.38. The SMILES string of the molecule is COc1ccc2c(c1)nc(NCCCCNC(=O)[C@@H](C)O)c1nnc(C)n12. The number of hydrogen-bond donors (Lipinski definition) is 3. The number of nitrogens with one attached hydrogen (secondary N) is 2. The molecule has 1 atom stereocenters. The van der Waals surface area contributed by atoms with Crippen LogP contribution in [0, 0.1) is 6.92 Å². The molecule has 9 nitrogen and oxygen atoms in total. The number of carbonyl (C=O) groups is 1. The summed E-state index contributed by atoms with van der Waals surface area (Å²) in [5.74, 6) is 1.82. The largest absolute Gasteiger partial charge is 0.497 e. The highest BCUT2D eigenvalue weighted by Crippen LogP contribution is 2.24. The van der Waals surface area contributed by atoms with Crippen molar-refractivity contribution < 1.29 is 14.6 Å². The van der Waals surface area contributed by atoms with E-state index in [4.69, 9.17) is 9.84 Å². The van der Waals surface area contributed by atoms with Gasteiger partial charge in [0.15, 0.2) is 5.82 Å². The van der Waals surface area contributed by atoms with Crippen LogP contribution < -0.4 is 15.4 Å². The van der Waals surface area contributed by atoms with E-state index in [1.165, 1.54) is 6.92 Å². The molecular weight excluding hydrogens is 348 g/mol. The molecule has 0 aliphatic rings. The predicted octanol–water partition coefficient (Wildman–Crippen LogP) is 1.28. The Morgan fingerprint density at radius 1 is 1.30 bits per heavy atom. The zero-order valence-electron chi connectivity index (χ0n) is 15.7. The van der Waals surface area contributed by atoms with Gasteiger partial charge in [-0.25, -0.2) is 4.98 Å². The van der Waals surface area contributed by atoms with Crippen LogP contribution in [-0.2, 0) is 4.79 Å². The molecule has 1 amide bonds. The van der Waals surface area contributed by atoms with Gasteiger partial charge in [0.2, 0.25) is 11.6 Å². The molecule has 3 N–H and O–H groups in total. The Balaban J connectivity index is 1.71. The highest BCUT2D eigenvalue weighted by molar-refractivity contribution is 5.84. The van der Waals surface area contributed by atoms with Gasteiger partial charge in [-0.1, -0.05) is 0 Å². The molecule has 144 valence electrons. The molecular formula is C18H24N6O3. The normalized spacial score (nSPS) is 12.3. The monoisotopic (exact) mass is 372 g/mol. The number of unbranched alkanes of at least 4 members (excludes halogenated alkanes) is 1. The molecule has 0 unspecified atom stereocenters. The van der Waals surface area contributed by atoms with Crippen molar-refractivity contribution >= 4 is 28.4 Å². The molecule has 0 radical (unpaired) electrons. The second kappa shape index (κ2) is 8.17. The maximum Gasteiger partial charge on any atom is 0.248 e. The first-order chi connectivity index (χ1) is 13.0. The number of aryl methyl sites for hydroxylation is 1. The minimum atomic E-state index is -0.980. The molecule has 2 heterocycles. The third-order valence-electron chi connectivity index (χ3n) is 4.27. The van der Waals surface area contributed by atoms with Crippen LogP contribution in [0.2, 0.25) is 0 Å². The van der Waals surface area contributed by atoms with Gasteiger partial charge >= 0.3 is 0 Å². The Kier molecular flexibility index (Phi) is 5.70. The number of rotatable bonds is 8. The van der Waals surface area contributed by atoms with E-state index in [1.807, 2.05) is 29.5 Å². The maximum absolute atomic E-state index is 11.3. The summed E-state index contributed by atoms with van der Waals surface area (Å²) in [7, 11) is 1.62. The first-order valence-electron chi connectivity index (χ1n) is 8.90. The molecule has 3 aromatic rings. The van der Waals surface area contributed by atoms with E-state index >= 15 is 0 Å². The molecule has 0 bridgehead atoms. The van der Waals surface area contributed by atoms with Crippen molar-refractivity contribution in [2.75, 3.05) is 25.5 Å². The van der Waals surface area contributed by atoms with Crippen molar-refractivity contribution in [1.29, 1.82) is 0 Å². The highest BCUT2D eigenvalue weighted by Gasteiger charge is 2.13. The van der Waals surface area contributed by atoms with Crippen molar-refractivity contribution in [2.45, 2.75) is 32.8 Å². The topological polar surface area (TPSA) is 114 Å². The summed E-state index contributed by atoms with van der Waals surface area (Å²) < 4.78 is 7.26. The minimum Gasteiger partial charge on any atom is -0.497 e. The van der Waals surface area contributed by atoms with Crippen LogP contribution in [0.15, 0.2) is 18.2 Å². The van der Waals surface area contributed by atoms with Crippen LogP contribution in [0.3, 0.4) is 0 Å². The van der Waals surface area contributed by atoms with Crippen LogP contribution in [-0.4, -0.2) is 56.9 Å². The van der Waals surface area contributed by atoms with Gasteiger partial charge in [0.25, 0.3) is 0 Å². The quantitative estimate of drug-likeness (QED) is 0.511. The van der Waals surface area contributed by atoms with Gasteiger partial charge in [-0.2, -0.15) is 0 Å². The Bertz CT molecular complexity index is 953. The molecule has 27 heavy (non-hydrogen) atoms. The van der Waals surface area contributed by atoms with E-state index in [0.717, 1.165) is 35.4 Å². The molecule has 0 aliphatic carbocycles. The number of benzene rings is 1. The van der Waals surface area contributed by atoms with E-state index in [0.29, 0.717) is 24.6 Å². The van der Waals surface area contributed by atoms with Crippen molar-refractivity contribution in [3.05, 3.63) is 24.0 Å². The van der Waals surface area contributed by atoms with Crippen molar-refractivity contribution in [3.63, 3.8) is 0 Å². The van der Waals surface area contributed by atoms with Gasteiger partial charge in [0.1, 0.15) is 17.7 Å². The number of ether oxygens (including phenoxy) is 1. The number of hydrogen-bond acceptors (Lipinski definition) is 7. The van der Waals surface area contributed by atoms with Crippen molar-refractivity contribution in [3.8, 4) is 5.75 Å². The number of nitrogens with zero attached hydrogens (tertiary/aromatic N) is 4. The Morgan fingerprint density at radius 2 is 2.07 bits per heavy atom. The second-order valence-electron chi connectivity index (χ2n) is 6.32. The average molecular weight is 372 g/mol. The van der Waals surface area contributed by atoms with E-state index in [9.17, 15) is 4.79 Å². The van der Waals surface area contributed by atoms with Gasteiger partial charge in [0.05, 0.1) is 18.1 Å². The summed E-state index contributed by atoms with van der Waals surface area (Å²) in [4.78, 5) is 16.0. The van der Waals surface area contributed by atoms with Crippen molar-refractivity contribution in [1.82, 2.24) is 24.9 Å². The van der Waals surface area contributed by atoms with Crippen LogP contribution in [0.1, 0.15) is 25.6 Å². The molecule has 0 fully saturated rings. The molecule has 0 saturated heterocycles. The van der Waals surface area contributed by atoms with E-state index < -0.39 is 6.10 Å². The van der Waals surface area contributed by atoms with Crippen LogP contribution in [0.25, 0.3) is 16.7 Å². The highest BCUT2D eigenvalue weighted by atomic mass is 16.5. The number of methoxy groups -OCH3 is 1. The number of aliphatic hydroxyl groups excluding tert-OH is 1. The maximum atomic E-state index is 11.3. The number of aromatic nitrogens is 4. The lowest BCUT2D eigenvalue weighted by atomic mass is 10.2. The summed E-state index contributed by atoms with van der Waals surface area (Å²) in [5, 5.41) is 23.5. The molecule has 0 saturated carbocycles. The fraction of sp³-hybridized carbons (Fsp3) is 0.444. The molecule has 0 aliphatic heterocycles. The van der Waals surface area contributed by atoms with Gasteiger partial charge in [-0.15, -0.1) is 10.2 Å². The van der Waals surface area contributed by atoms with E-state index in [2.05, 4.69) is 25.8 Å². The third kappa shape index (κ3) is 4.08. The fourth-order valence-corrected chi connectivity index (χ4v) is 2.82. The lowest BCUT2D eigenvalue weighted by Gasteiger charge is -2.11. The number of aliphatic hydroxyl groups is 1. The second-order valence-corrected chi connectivity index (χ2v) is 6.32. The molecule has 2 aromatic heterocycles. The van der Waals surface area contributed by atoms with Gasteiger partial charge in [-0.3, -0.25) is 9.20 Å². The smallest absolute Gasteiger partial charge is 0.248 e. The standard InChI is InChI=1S/C18H24N6O3/c1-11(25)18(26)20-9-5-4-8-19-16-17-23-22-12(2)24(17)15-7-6-13(27-3)10-14(15)21-16/h6-7,10-11,25H,4-5,8-9H2,1-3H3,(H,19,21)(H,20,26)/t11-/m1/s1. The zero-order chi connectivity index (χ0) is 19.4. The summed E-state index contributed by atoms with van der Waals surface area (Å²) in [6.07, 6.45) is 0.637. The van der Waals surface area contributed by atoms with E-state index in [-0.39, 0.29) is 5.91 Å². The molecule has 3 rings (SSSR count). The molecule has 9 heteroatoms. The lowest BCUT2D eigenvalue weighted by molar-refractivity contribution is -0.128. The Morgan fingerprint density at radius 3 is 2.81 bits per heavy atom. The van der Waals surface area contributed by atoms with E-state index in [1.54, 1.807) is 7.11 Å². The van der Waals surface area contributed by atoms with Crippen LogP contribution in [0.5, 0.6) is 5.75 Å². The zero-order valence-corrected chi connectivity index (χ0v) is 15.7. The van der Waals surface area contributed by atoms with Crippen LogP contribution in [0.4, 0.5) is 5.82 Å². The third-order valence-corrected chi connectivity index (χ3v) is 4.27. The van der Waals surface area contributed by atoms with Crippen molar-refractivity contribution in [2.24, 2.45) is 0 Å². The van der Waals surface area contributed by atoms with Crippen LogP contribution >= 0.6 is 0 Å². The summed E-state index contributed by atoms with van der Waals surface area (Å²) in [6, 6.07) is 5.71. The Labute approximate surface area is 156 Å². The van der Waals surface area contributed by atoms with Gasteiger partial charge < -0.3 is 20.5 Å². The number of anilines is 1. The molecule has 1 aromatic carbocycles. The number of amides is 1. The van der Waals surface area contributed by atoms with Gasteiger partial charge in [0, 0.05) is 19.2 Å². The Hall–Kier alpha value is -2.94. The summed E-state index contributed by atoms with van der Waals surface area (Å²) in [6.45, 7) is 4.54. The summed E-state index contributed by atoms with van der Waals surface area (Å²) >= 11 is 0. The molecule has 0 spiro atoms. The average Bonchev–Trinajstić information content (AvgIpc) is 3.05. The number of fused-ring (bicyclic) bond motifs is 3. The minimum absolute atomic E-state index is 0.353. The first kappa shape index (κ1) is 18.8. The fourth-order valence-electron chi connectivity index (χ4n) is 2.82. The number of carbonyl (C=O) groups excluding carboxylic acids is 1. The first-order valence-corrected chi connectivity index (χ1v) is 8.90. The predicted molar refractivity (Wildman–Crippen MR) is 102 cm³/mol. The lowest BCUT2D eigenvalue weighted by Crippen LogP contribution is -2.33. The van der Waals surface area contributed by atoms with Gasteiger partial charge in [-0.05, 0) is 38.8 Å².